The van der Waals surface area contributed by atoms with Crippen molar-refractivity contribution in [1.29, 1.82) is 0 Å². The molecule has 0 atom stereocenters. The molecule has 0 aliphatic heterocycles. The van der Waals surface area contributed by atoms with Gasteiger partial charge in [-0.15, -0.1) is 5.10 Å². The van der Waals surface area contributed by atoms with Crippen LogP contribution in [0.3, 0.4) is 0 Å². The Hall–Kier alpha value is -2.17. The molecule has 0 unspecified atom stereocenters. The van der Waals surface area contributed by atoms with Crippen molar-refractivity contribution in [3.63, 3.8) is 0 Å². The maximum absolute atomic E-state index is 12.7. The first kappa shape index (κ1) is 13.3. The molecular formula is C14H15FN2O2. The lowest BCUT2D eigenvalue weighted by molar-refractivity contribution is 0.210. The minimum atomic E-state index is -0.283. The van der Waals surface area contributed by atoms with Gasteiger partial charge in [0.1, 0.15) is 24.8 Å². The van der Waals surface area contributed by atoms with Crippen LogP contribution in [0.5, 0.6) is 11.6 Å². The normalized spacial score (nSPS) is 10.3. The Labute approximate surface area is 111 Å². The summed E-state index contributed by atoms with van der Waals surface area (Å²) in [5.41, 5.74) is 1.92. The van der Waals surface area contributed by atoms with Gasteiger partial charge < -0.3 is 9.47 Å². The summed E-state index contributed by atoms with van der Waals surface area (Å²) in [7, 11) is 0. The number of hydrogen-bond acceptors (Lipinski definition) is 4. The van der Waals surface area contributed by atoms with Crippen molar-refractivity contribution in [1.82, 2.24) is 10.2 Å². The van der Waals surface area contributed by atoms with Crippen LogP contribution in [0.15, 0.2) is 30.3 Å². The van der Waals surface area contributed by atoms with Gasteiger partial charge in [-0.3, -0.25) is 0 Å². The van der Waals surface area contributed by atoms with E-state index in [4.69, 9.17) is 9.47 Å². The van der Waals surface area contributed by atoms with Gasteiger partial charge in [-0.1, -0.05) is 0 Å². The van der Waals surface area contributed by atoms with E-state index >= 15 is 0 Å². The van der Waals surface area contributed by atoms with E-state index < -0.39 is 0 Å². The molecule has 0 N–H and O–H groups in total. The minimum Gasteiger partial charge on any atom is -0.490 e. The zero-order valence-electron chi connectivity index (χ0n) is 10.9. The Balaban J connectivity index is 1.77. The Morgan fingerprint density at radius 3 is 2.37 bits per heavy atom. The molecule has 1 aromatic heterocycles. The highest BCUT2D eigenvalue weighted by atomic mass is 19.1. The Bertz CT molecular complexity index is 544. The predicted octanol–water partition coefficient (Wildman–Crippen LogP) is 2.69. The van der Waals surface area contributed by atoms with Gasteiger partial charge in [0.2, 0.25) is 5.88 Å². The maximum Gasteiger partial charge on any atom is 0.233 e. The van der Waals surface area contributed by atoms with Crippen LogP contribution in [0.1, 0.15) is 11.3 Å². The number of hydrogen-bond donors (Lipinski definition) is 0. The average molecular weight is 262 g/mol. The summed E-state index contributed by atoms with van der Waals surface area (Å²) < 4.78 is 23.5. The number of aromatic nitrogens is 2. The number of rotatable bonds is 5. The summed E-state index contributed by atoms with van der Waals surface area (Å²) >= 11 is 0. The number of aryl methyl sites for hydroxylation is 2. The molecule has 0 aliphatic carbocycles. The summed E-state index contributed by atoms with van der Waals surface area (Å²) in [6.45, 7) is 4.56. The molecule has 2 aromatic rings. The fourth-order valence-electron chi connectivity index (χ4n) is 1.43. The summed E-state index contributed by atoms with van der Waals surface area (Å²) in [5.74, 6) is 0.802. The topological polar surface area (TPSA) is 44.2 Å². The van der Waals surface area contributed by atoms with Crippen molar-refractivity contribution in [2.45, 2.75) is 13.8 Å². The van der Waals surface area contributed by atoms with E-state index in [9.17, 15) is 4.39 Å². The largest absolute Gasteiger partial charge is 0.490 e. The third-order valence-electron chi connectivity index (χ3n) is 2.62. The average Bonchev–Trinajstić information content (AvgIpc) is 2.41. The maximum atomic E-state index is 12.7. The minimum absolute atomic E-state index is 0.283. The predicted molar refractivity (Wildman–Crippen MR) is 68.9 cm³/mol. The van der Waals surface area contributed by atoms with Gasteiger partial charge in [0.25, 0.3) is 0 Å². The fraction of sp³-hybridized carbons (Fsp3) is 0.286. The molecular weight excluding hydrogens is 247 g/mol. The van der Waals surface area contributed by atoms with Crippen molar-refractivity contribution in [2.75, 3.05) is 13.2 Å². The van der Waals surface area contributed by atoms with Crippen LogP contribution in [-0.4, -0.2) is 23.4 Å². The zero-order valence-corrected chi connectivity index (χ0v) is 10.9. The second kappa shape index (κ2) is 6.13. The molecule has 0 amide bonds. The van der Waals surface area contributed by atoms with Crippen LogP contribution >= 0.6 is 0 Å². The van der Waals surface area contributed by atoms with E-state index in [-0.39, 0.29) is 5.82 Å². The molecule has 1 heterocycles. The van der Waals surface area contributed by atoms with Crippen molar-refractivity contribution < 1.29 is 13.9 Å². The van der Waals surface area contributed by atoms with E-state index in [1.165, 1.54) is 12.1 Å². The Morgan fingerprint density at radius 2 is 1.68 bits per heavy atom. The van der Waals surface area contributed by atoms with Crippen LogP contribution < -0.4 is 9.47 Å². The van der Waals surface area contributed by atoms with Gasteiger partial charge in [0, 0.05) is 6.07 Å². The molecule has 0 saturated heterocycles. The third-order valence-corrected chi connectivity index (χ3v) is 2.62. The number of ether oxygens (including phenoxy) is 2. The molecule has 100 valence electrons. The van der Waals surface area contributed by atoms with E-state index in [1.54, 1.807) is 12.1 Å². The SMILES string of the molecule is Cc1cc(OCCOc2ccc(F)cc2)nnc1C. The number of benzene rings is 1. The molecule has 0 spiro atoms. The zero-order chi connectivity index (χ0) is 13.7. The van der Waals surface area contributed by atoms with E-state index in [0.29, 0.717) is 24.8 Å². The van der Waals surface area contributed by atoms with Crippen molar-refractivity contribution in [3.8, 4) is 11.6 Å². The highest BCUT2D eigenvalue weighted by molar-refractivity contribution is 5.22. The van der Waals surface area contributed by atoms with Crippen molar-refractivity contribution in [3.05, 3.63) is 47.4 Å². The van der Waals surface area contributed by atoms with Gasteiger partial charge in [-0.05, 0) is 43.7 Å². The van der Waals surface area contributed by atoms with Crippen LogP contribution in [0.4, 0.5) is 4.39 Å². The first-order valence-electron chi connectivity index (χ1n) is 5.97. The fourth-order valence-corrected chi connectivity index (χ4v) is 1.43. The van der Waals surface area contributed by atoms with Crippen LogP contribution in [0.2, 0.25) is 0 Å². The lowest BCUT2D eigenvalue weighted by Crippen LogP contribution is -2.10. The van der Waals surface area contributed by atoms with E-state index in [1.807, 2.05) is 19.9 Å². The highest BCUT2D eigenvalue weighted by Crippen LogP contribution is 2.12. The number of halogens is 1. The molecule has 0 saturated carbocycles. The lowest BCUT2D eigenvalue weighted by atomic mass is 10.2. The first-order chi connectivity index (χ1) is 9.15. The molecule has 2 rings (SSSR count). The van der Waals surface area contributed by atoms with Gasteiger partial charge in [-0.25, -0.2) is 4.39 Å². The Morgan fingerprint density at radius 1 is 1.00 bits per heavy atom. The summed E-state index contributed by atoms with van der Waals surface area (Å²) in [6.07, 6.45) is 0. The molecule has 19 heavy (non-hydrogen) atoms. The smallest absolute Gasteiger partial charge is 0.233 e. The monoisotopic (exact) mass is 262 g/mol. The molecule has 0 aliphatic rings. The third kappa shape index (κ3) is 3.91. The van der Waals surface area contributed by atoms with Gasteiger partial charge in [0.05, 0.1) is 5.69 Å². The standard InChI is InChI=1S/C14H15FN2O2/c1-10-9-14(17-16-11(10)2)19-8-7-18-13-5-3-12(15)4-6-13/h3-6,9H,7-8H2,1-2H3. The first-order valence-corrected chi connectivity index (χ1v) is 5.97. The number of nitrogens with zero attached hydrogens (tertiary/aromatic N) is 2. The summed E-state index contributed by atoms with van der Waals surface area (Å²) in [5, 5.41) is 7.89. The van der Waals surface area contributed by atoms with Crippen LogP contribution in [0, 0.1) is 19.7 Å². The molecule has 1 aromatic carbocycles. The second-order valence-corrected chi connectivity index (χ2v) is 4.10. The highest BCUT2D eigenvalue weighted by Gasteiger charge is 2.01. The lowest BCUT2D eigenvalue weighted by Gasteiger charge is -2.08. The van der Waals surface area contributed by atoms with Crippen LogP contribution in [-0.2, 0) is 0 Å². The van der Waals surface area contributed by atoms with Gasteiger partial charge >= 0.3 is 0 Å². The molecule has 4 nitrogen and oxygen atoms in total. The van der Waals surface area contributed by atoms with Gasteiger partial charge in [-0.2, -0.15) is 5.10 Å². The second-order valence-electron chi connectivity index (χ2n) is 4.10. The van der Waals surface area contributed by atoms with Crippen molar-refractivity contribution >= 4 is 0 Å². The van der Waals surface area contributed by atoms with Crippen molar-refractivity contribution in [2.24, 2.45) is 0 Å². The summed E-state index contributed by atoms with van der Waals surface area (Å²) in [4.78, 5) is 0. The summed E-state index contributed by atoms with van der Waals surface area (Å²) in [6, 6.07) is 7.69. The van der Waals surface area contributed by atoms with Crippen LogP contribution in [0.25, 0.3) is 0 Å². The quantitative estimate of drug-likeness (QED) is 0.777. The molecule has 0 bridgehead atoms. The van der Waals surface area contributed by atoms with E-state index in [2.05, 4.69) is 10.2 Å². The van der Waals surface area contributed by atoms with E-state index in [0.717, 1.165) is 11.3 Å². The molecule has 0 fully saturated rings. The molecule has 0 radical (unpaired) electrons. The molecule has 5 heteroatoms. The van der Waals surface area contributed by atoms with Gasteiger partial charge in [0.15, 0.2) is 0 Å². The Kier molecular flexibility index (Phi) is 4.28.